The quantitative estimate of drug-likeness (QED) is 0.643. The van der Waals surface area contributed by atoms with Crippen molar-refractivity contribution in [3.63, 3.8) is 0 Å². The normalized spacial score (nSPS) is 25.3. The van der Waals surface area contributed by atoms with Crippen LogP contribution < -0.4 is 0 Å². The van der Waals surface area contributed by atoms with E-state index in [1.54, 1.807) is 0 Å². The number of benzene rings is 1. The zero-order valence-corrected chi connectivity index (χ0v) is 18.3. The molecule has 1 unspecified atom stereocenters. The molecule has 2 aliphatic heterocycles. The van der Waals surface area contributed by atoms with Crippen molar-refractivity contribution in [3.05, 3.63) is 58.9 Å². The highest BCUT2D eigenvalue weighted by atomic mass is 19.4. The van der Waals surface area contributed by atoms with Gasteiger partial charge in [0, 0.05) is 24.9 Å². The van der Waals surface area contributed by atoms with Crippen molar-refractivity contribution in [1.82, 2.24) is 15.1 Å². The molecule has 1 aromatic heterocycles. The van der Waals surface area contributed by atoms with Gasteiger partial charge in [-0.25, -0.2) is 0 Å². The average Bonchev–Trinajstić information content (AvgIpc) is 3.14. The van der Waals surface area contributed by atoms with Crippen molar-refractivity contribution >= 4 is 0 Å². The predicted molar refractivity (Wildman–Crippen MR) is 112 cm³/mol. The van der Waals surface area contributed by atoms with Gasteiger partial charge in [-0.3, -0.25) is 4.90 Å². The molecule has 32 heavy (non-hydrogen) atoms. The van der Waals surface area contributed by atoms with Gasteiger partial charge in [-0.1, -0.05) is 12.1 Å². The van der Waals surface area contributed by atoms with Crippen LogP contribution in [0.2, 0.25) is 0 Å². The van der Waals surface area contributed by atoms with E-state index >= 15 is 0 Å². The molecule has 2 atom stereocenters. The number of likely N-dealkylation sites (tertiary alicyclic amines) is 1. The second-order valence-corrected chi connectivity index (χ2v) is 9.61. The van der Waals surface area contributed by atoms with Gasteiger partial charge < -0.3 is 4.74 Å². The first-order valence-electron chi connectivity index (χ1n) is 10.9. The summed E-state index contributed by atoms with van der Waals surface area (Å²) >= 11 is 0. The number of aromatic nitrogens is 2. The number of ether oxygens (including phenoxy) is 1. The number of hydrogen-bond acceptors (Lipinski definition) is 5. The van der Waals surface area contributed by atoms with E-state index in [1.807, 2.05) is 24.3 Å². The molecule has 0 radical (unpaired) electrons. The number of nitrogens with zero attached hydrogens (tertiary/aromatic N) is 4. The van der Waals surface area contributed by atoms with Crippen LogP contribution in [-0.2, 0) is 23.9 Å². The minimum atomic E-state index is -4.48. The van der Waals surface area contributed by atoms with E-state index in [-0.39, 0.29) is 17.1 Å². The van der Waals surface area contributed by atoms with Gasteiger partial charge in [-0.2, -0.15) is 23.5 Å². The average molecular weight is 445 g/mol. The first-order chi connectivity index (χ1) is 15.1. The SMILES string of the molecule is CC1(C)CC([C@]2(CCc3ccc(C#N)cc3)CCN(Cc3ccc(C(F)(F)F)nn3)C2)O1. The molecule has 1 aromatic carbocycles. The lowest BCUT2D eigenvalue weighted by molar-refractivity contribution is -0.230. The van der Waals surface area contributed by atoms with Gasteiger partial charge >= 0.3 is 6.18 Å². The highest BCUT2D eigenvalue weighted by molar-refractivity contribution is 5.31. The molecule has 2 aromatic rings. The second kappa shape index (κ2) is 8.45. The lowest BCUT2D eigenvalue weighted by Crippen LogP contribution is -2.55. The van der Waals surface area contributed by atoms with Crippen molar-refractivity contribution in [1.29, 1.82) is 5.26 Å². The van der Waals surface area contributed by atoms with Crippen LogP contribution in [0.25, 0.3) is 0 Å². The van der Waals surface area contributed by atoms with Crippen LogP contribution in [0, 0.1) is 16.7 Å². The van der Waals surface area contributed by atoms with E-state index in [0.29, 0.717) is 17.8 Å². The van der Waals surface area contributed by atoms with E-state index in [9.17, 15) is 13.2 Å². The predicted octanol–water partition coefficient (Wildman–Crippen LogP) is 4.76. The molecule has 3 heterocycles. The Hall–Kier alpha value is -2.50. The van der Waals surface area contributed by atoms with E-state index in [2.05, 4.69) is 35.0 Å². The summed E-state index contributed by atoms with van der Waals surface area (Å²) in [5.74, 6) is 0. The standard InChI is InChI=1S/C24H27F3N4O/c1-22(2)13-21(32-22)23(10-9-17-3-5-18(14-28)6-4-17)11-12-31(16-23)15-19-7-8-20(30-29-19)24(25,26)27/h3-8,21H,9-13,15-16H2,1-2H3/t21?,23-/m1/s1. The van der Waals surface area contributed by atoms with Gasteiger partial charge in [0.2, 0.25) is 0 Å². The zero-order valence-electron chi connectivity index (χ0n) is 18.3. The molecule has 5 nitrogen and oxygen atoms in total. The van der Waals surface area contributed by atoms with Crippen LogP contribution in [0.15, 0.2) is 36.4 Å². The fourth-order valence-electron chi connectivity index (χ4n) is 4.87. The van der Waals surface area contributed by atoms with Gasteiger partial charge in [-0.05, 0) is 69.5 Å². The highest BCUT2D eigenvalue weighted by Gasteiger charge is 2.52. The highest BCUT2D eigenvalue weighted by Crippen LogP contribution is 2.49. The number of alkyl halides is 3. The number of rotatable bonds is 6. The molecule has 2 saturated heterocycles. The first-order valence-corrected chi connectivity index (χ1v) is 10.9. The monoisotopic (exact) mass is 444 g/mol. The number of halogens is 3. The summed E-state index contributed by atoms with van der Waals surface area (Å²) < 4.78 is 44.5. The Kier molecular flexibility index (Phi) is 5.99. The maximum atomic E-state index is 12.7. The fraction of sp³-hybridized carbons (Fsp3) is 0.542. The molecule has 4 rings (SSSR count). The van der Waals surface area contributed by atoms with Gasteiger partial charge in [0.15, 0.2) is 5.69 Å². The molecule has 8 heteroatoms. The van der Waals surface area contributed by atoms with Crippen molar-refractivity contribution in [2.75, 3.05) is 13.1 Å². The largest absolute Gasteiger partial charge is 0.435 e. The number of nitriles is 1. The first kappa shape index (κ1) is 22.7. The third kappa shape index (κ3) is 4.94. The van der Waals surface area contributed by atoms with Crippen LogP contribution in [-0.4, -0.2) is 39.9 Å². The maximum absolute atomic E-state index is 12.7. The van der Waals surface area contributed by atoms with Gasteiger partial charge in [-0.15, -0.1) is 5.10 Å². The summed E-state index contributed by atoms with van der Waals surface area (Å²) in [6.45, 7) is 6.33. The van der Waals surface area contributed by atoms with Gasteiger partial charge in [0.1, 0.15) is 0 Å². The molecule has 2 aliphatic rings. The fourth-order valence-corrected chi connectivity index (χ4v) is 4.87. The Balaban J connectivity index is 1.43. The van der Waals surface area contributed by atoms with Crippen molar-refractivity contribution in [2.45, 2.75) is 64.0 Å². The van der Waals surface area contributed by atoms with Crippen molar-refractivity contribution in [2.24, 2.45) is 5.41 Å². The maximum Gasteiger partial charge on any atom is 0.435 e. The van der Waals surface area contributed by atoms with Crippen molar-refractivity contribution in [3.8, 4) is 6.07 Å². The summed E-state index contributed by atoms with van der Waals surface area (Å²) in [6, 6.07) is 12.2. The van der Waals surface area contributed by atoms with Crippen LogP contribution >= 0.6 is 0 Å². The van der Waals surface area contributed by atoms with E-state index in [4.69, 9.17) is 10.00 Å². The molecule has 0 amide bonds. The summed E-state index contributed by atoms with van der Waals surface area (Å²) in [5.41, 5.74) is 1.29. The Morgan fingerprint density at radius 3 is 2.44 bits per heavy atom. The molecule has 2 fully saturated rings. The third-order valence-electron chi connectivity index (χ3n) is 6.68. The van der Waals surface area contributed by atoms with Crippen LogP contribution in [0.1, 0.15) is 55.6 Å². The summed E-state index contributed by atoms with van der Waals surface area (Å²) in [5, 5.41) is 16.2. The Morgan fingerprint density at radius 1 is 1.16 bits per heavy atom. The molecule has 170 valence electrons. The summed E-state index contributed by atoms with van der Waals surface area (Å²) in [7, 11) is 0. The van der Waals surface area contributed by atoms with Crippen LogP contribution in [0.5, 0.6) is 0 Å². The minimum Gasteiger partial charge on any atom is -0.372 e. The van der Waals surface area contributed by atoms with Crippen LogP contribution in [0.3, 0.4) is 0 Å². The summed E-state index contributed by atoms with van der Waals surface area (Å²) in [4.78, 5) is 2.24. The smallest absolute Gasteiger partial charge is 0.372 e. The number of hydrogen-bond donors (Lipinski definition) is 0. The van der Waals surface area contributed by atoms with E-state index in [0.717, 1.165) is 44.8 Å². The molecule has 0 bridgehead atoms. The third-order valence-corrected chi connectivity index (χ3v) is 6.68. The Morgan fingerprint density at radius 2 is 1.88 bits per heavy atom. The van der Waals surface area contributed by atoms with Gasteiger partial charge in [0.05, 0.1) is 29.0 Å². The van der Waals surface area contributed by atoms with Gasteiger partial charge in [0.25, 0.3) is 0 Å². The lowest BCUT2D eigenvalue weighted by Gasteiger charge is -2.52. The molecule has 0 N–H and O–H groups in total. The minimum absolute atomic E-state index is 0.0112. The van der Waals surface area contributed by atoms with E-state index < -0.39 is 11.9 Å². The molecular weight excluding hydrogens is 417 g/mol. The van der Waals surface area contributed by atoms with Crippen LogP contribution in [0.4, 0.5) is 13.2 Å². The molecule has 0 spiro atoms. The zero-order chi connectivity index (χ0) is 23.0. The molecule has 0 aliphatic carbocycles. The Bertz CT molecular complexity index is 974. The summed E-state index contributed by atoms with van der Waals surface area (Å²) in [6.07, 6.45) is -0.505. The lowest BCUT2D eigenvalue weighted by atomic mass is 9.70. The Labute approximate surface area is 186 Å². The second-order valence-electron chi connectivity index (χ2n) is 9.61. The molecule has 0 saturated carbocycles. The topological polar surface area (TPSA) is 62.0 Å². The molecular formula is C24H27F3N4O. The van der Waals surface area contributed by atoms with E-state index in [1.165, 1.54) is 11.6 Å². The number of aryl methyl sites for hydroxylation is 1. The van der Waals surface area contributed by atoms with Crippen molar-refractivity contribution < 1.29 is 17.9 Å².